The first-order valence-corrected chi connectivity index (χ1v) is 6.85. The topological polar surface area (TPSA) is 70.6 Å². The van der Waals surface area contributed by atoms with Crippen molar-refractivity contribution in [1.29, 1.82) is 0 Å². The molecule has 0 saturated heterocycles. The Balaban J connectivity index is 1.97. The Labute approximate surface area is 114 Å². The largest absolute Gasteiger partial charge is 0.409 e. The molecule has 2 rings (SSSR count). The van der Waals surface area contributed by atoms with Crippen LogP contribution in [0.4, 0.5) is 0 Å². The summed E-state index contributed by atoms with van der Waals surface area (Å²) in [7, 11) is 0. The van der Waals surface area contributed by atoms with Gasteiger partial charge in [0.15, 0.2) is 5.84 Å². The summed E-state index contributed by atoms with van der Waals surface area (Å²) in [6.07, 6.45) is 2.64. The molecule has 0 unspecified atom stereocenters. The van der Waals surface area contributed by atoms with Crippen LogP contribution in [-0.2, 0) is 6.54 Å². The predicted octanol–water partition coefficient (Wildman–Crippen LogP) is 2.31. The molecule has 0 aliphatic heterocycles. The first kappa shape index (κ1) is 13.9. The molecule has 1 aromatic carbocycles. The van der Waals surface area contributed by atoms with Gasteiger partial charge in [0.05, 0.1) is 0 Å². The molecule has 0 radical (unpaired) electrons. The van der Waals surface area contributed by atoms with Crippen LogP contribution in [0.1, 0.15) is 37.8 Å². The molecule has 19 heavy (non-hydrogen) atoms. The van der Waals surface area contributed by atoms with Crippen molar-refractivity contribution in [2.24, 2.45) is 22.2 Å². The second-order valence-electron chi connectivity index (χ2n) is 5.76. The summed E-state index contributed by atoms with van der Waals surface area (Å²) in [5.41, 5.74) is 8.04. The van der Waals surface area contributed by atoms with Crippen LogP contribution in [0.3, 0.4) is 0 Å². The summed E-state index contributed by atoms with van der Waals surface area (Å²) in [5, 5.41) is 15.4. The van der Waals surface area contributed by atoms with Crippen molar-refractivity contribution in [3.05, 3.63) is 35.4 Å². The lowest BCUT2D eigenvalue weighted by Crippen LogP contribution is -2.28. The lowest BCUT2D eigenvalue weighted by atomic mass is 9.92. The van der Waals surface area contributed by atoms with Gasteiger partial charge in [-0.05, 0) is 29.7 Å². The van der Waals surface area contributed by atoms with Crippen LogP contribution in [0.2, 0.25) is 0 Å². The minimum absolute atomic E-state index is 0.169. The van der Waals surface area contributed by atoms with E-state index in [4.69, 9.17) is 10.9 Å². The van der Waals surface area contributed by atoms with Gasteiger partial charge in [0.1, 0.15) is 0 Å². The van der Waals surface area contributed by atoms with Gasteiger partial charge >= 0.3 is 0 Å². The summed E-state index contributed by atoms with van der Waals surface area (Å²) >= 11 is 0. The third-order valence-corrected chi connectivity index (χ3v) is 4.31. The van der Waals surface area contributed by atoms with E-state index >= 15 is 0 Å². The van der Waals surface area contributed by atoms with Crippen molar-refractivity contribution in [3.8, 4) is 0 Å². The van der Waals surface area contributed by atoms with Gasteiger partial charge in [0.25, 0.3) is 0 Å². The molecule has 1 aliphatic carbocycles. The van der Waals surface area contributed by atoms with Gasteiger partial charge in [-0.3, -0.25) is 0 Å². The maximum absolute atomic E-state index is 8.79. The standard InChI is InChI=1S/C15H23N3O/c1-11(2)15(7-8-15)10-17-9-12-5-3-4-6-13(12)14(16)18-19/h3-6,11,17,19H,7-10H2,1-2H3,(H2,16,18). The molecule has 104 valence electrons. The smallest absolute Gasteiger partial charge is 0.170 e. The molecular formula is C15H23N3O. The van der Waals surface area contributed by atoms with Crippen molar-refractivity contribution in [2.75, 3.05) is 6.54 Å². The molecular weight excluding hydrogens is 238 g/mol. The Hall–Kier alpha value is -1.55. The Morgan fingerprint density at radius 3 is 2.68 bits per heavy atom. The average molecular weight is 261 g/mol. The fraction of sp³-hybridized carbons (Fsp3) is 0.533. The molecule has 4 N–H and O–H groups in total. The van der Waals surface area contributed by atoms with Crippen molar-refractivity contribution < 1.29 is 5.21 Å². The molecule has 4 heteroatoms. The maximum atomic E-state index is 8.79. The molecule has 0 aromatic heterocycles. The number of amidine groups is 1. The van der Waals surface area contributed by atoms with Crippen molar-refractivity contribution in [1.82, 2.24) is 5.32 Å². The van der Waals surface area contributed by atoms with Gasteiger partial charge in [0, 0.05) is 18.7 Å². The zero-order valence-electron chi connectivity index (χ0n) is 11.7. The Bertz CT molecular complexity index is 464. The highest BCUT2D eigenvalue weighted by molar-refractivity contribution is 5.98. The van der Waals surface area contributed by atoms with Crippen LogP contribution < -0.4 is 11.1 Å². The second-order valence-corrected chi connectivity index (χ2v) is 5.76. The predicted molar refractivity (Wildman–Crippen MR) is 77.2 cm³/mol. The number of rotatable bonds is 6. The average Bonchev–Trinajstić information content (AvgIpc) is 3.20. The number of hydrogen-bond donors (Lipinski definition) is 3. The van der Waals surface area contributed by atoms with Gasteiger partial charge in [-0.2, -0.15) is 0 Å². The van der Waals surface area contributed by atoms with E-state index in [1.807, 2.05) is 24.3 Å². The van der Waals surface area contributed by atoms with E-state index in [0.29, 0.717) is 5.41 Å². The van der Waals surface area contributed by atoms with Gasteiger partial charge in [-0.1, -0.05) is 43.3 Å². The number of nitrogens with two attached hydrogens (primary N) is 1. The highest BCUT2D eigenvalue weighted by atomic mass is 16.4. The summed E-state index contributed by atoms with van der Waals surface area (Å²) in [6, 6.07) is 7.75. The molecule has 0 spiro atoms. The molecule has 0 atom stereocenters. The number of hydrogen-bond acceptors (Lipinski definition) is 3. The van der Waals surface area contributed by atoms with Crippen molar-refractivity contribution >= 4 is 5.84 Å². The zero-order chi connectivity index (χ0) is 13.9. The fourth-order valence-electron chi connectivity index (χ4n) is 2.54. The van der Waals surface area contributed by atoms with E-state index in [2.05, 4.69) is 24.3 Å². The van der Waals surface area contributed by atoms with Gasteiger partial charge in [-0.15, -0.1) is 0 Å². The number of oxime groups is 1. The van der Waals surface area contributed by atoms with Gasteiger partial charge in [-0.25, -0.2) is 0 Å². The van der Waals surface area contributed by atoms with Crippen LogP contribution in [-0.4, -0.2) is 17.6 Å². The Kier molecular flexibility index (Phi) is 4.10. The summed E-state index contributed by atoms with van der Waals surface area (Å²) in [6.45, 7) is 6.37. The number of nitrogens with zero attached hydrogens (tertiary/aromatic N) is 1. The number of benzene rings is 1. The number of nitrogens with one attached hydrogen (secondary N) is 1. The minimum Gasteiger partial charge on any atom is -0.409 e. The van der Waals surface area contributed by atoms with E-state index in [0.717, 1.165) is 30.1 Å². The van der Waals surface area contributed by atoms with Crippen LogP contribution in [0.15, 0.2) is 29.4 Å². The first-order valence-electron chi connectivity index (χ1n) is 6.85. The van der Waals surface area contributed by atoms with Crippen LogP contribution in [0, 0.1) is 11.3 Å². The third kappa shape index (κ3) is 3.07. The van der Waals surface area contributed by atoms with E-state index in [9.17, 15) is 0 Å². The molecule has 0 bridgehead atoms. The van der Waals surface area contributed by atoms with E-state index in [1.165, 1.54) is 12.8 Å². The molecule has 1 fully saturated rings. The molecule has 1 saturated carbocycles. The summed E-state index contributed by atoms with van der Waals surface area (Å²) in [5.74, 6) is 0.890. The zero-order valence-corrected chi connectivity index (χ0v) is 11.7. The molecule has 1 aromatic rings. The van der Waals surface area contributed by atoms with Crippen molar-refractivity contribution in [3.63, 3.8) is 0 Å². The lowest BCUT2D eigenvalue weighted by molar-refractivity contribution is 0.318. The van der Waals surface area contributed by atoms with Gasteiger partial charge < -0.3 is 16.3 Å². The lowest BCUT2D eigenvalue weighted by Gasteiger charge is -2.20. The second kappa shape index (κ2) is 5.61. The van der Waals surface area contributed by atoms with E-state index in [1.54, 1.807) is 0 Å². The van der Waals surface area contributed by atoms with E-state index in [-0.39, 0.29) is 5.84 Å². The molecule has 0 heterocycles. The first-order chi connectivity index (χ1) is 9.09. The van der Waals surface area contributed by atoms with E-state index < -0.39 is 0 Å². The Morgan fingerprint density at radius 1 is 1.42 bits per heavy atom. The van der Waals surface area contributed by atoms with Crippen molar-refractivity contribution in [2.45, 2.75) is 33.2 Å². The van der Waals surface area contributed by atoms with Crippen LogP contribution in [0.25, 0.3) is 0 Å². The molecule has 1 aliphatic rings. The van der Waals surface area contributed by atoms with Gasteiger partial charge in [0.2, 0.25) is 0 Å². The molecule has 4 nitrogen and oxygen atoms in total. The monoisotopic (exact) mass is 261 g/mol. The fourth-order valence-corrected chi connectivity index (χ4v) is 2.54. The highest BCUT2D eigenvalue weighted by Crippen LogP contribution is 2.51. The molecule has 0 amide bonds. The summed E-state index contributed by atoms with van der Waals surface area (Å²) in [4.78, 5) is 0. The third-order valence-electron chi connectivity index (χ3n) is 4.31. The Morgan fingerprint density at radius 2 is 2.11 bits per heavy atom. The SMILES string of the molecule is CC(C)C1(CNCc2ccccc2/C(N)=N/O)CC1. The highest BCUT2D eigenvalue weighted by Gasteiger charge is 2.44. The minimum atomic E-state index is 0.169. The normalized spacial score (nSPS) is 17.7. The van der Waals surface area contributed by atoms with Crippen LogP contribution in [0.5, 0.6) is 0 Å². The maximum Gasteiger partial charge on any atom is 0.170 e. The quantitative estimate of drug-likeness (QED) is 0.318. The summed E-state index contributed by atoms with van der Waals surface area (Å²) < 4.78 is 0. The van der Waals surface area contributed by atoms with Crippen LogP contribution >= 0.6 is 0 Å².